The fraction of sp³-hybridized carbons (Fsp3) is 0.462. The Bertz CT molecular complexity index is 448. The average molecular weight is 333 g/mol. The fourth-order valence-corrected chi connectivity index (χ4v) is 2.54. The van der Waals surface area contributed by atoms with Gasteiger partial charge in [0.05, 0.1) is 10.8 Å². The van der Waals surface area contributed by atoms with Crippen molar-refractivity contribution >= 4 is 32.7 Å². The van der Waals surface area contributed by atoms with Crippen LogP contribution in [-0.2, 0) is 20.3 Å². The van der Waals surface area contributed by atoms with Gasteiger partial charge in [-0.25, -0.2) is 0 Å². The predicted molar refractivity (Wildman–Crippen MR) is 75.9 cm³/mol. The van der Waals surface area contributed by atoms with Gasteiger partial charge in [0, 0.05) is 9.37 Å². The number of esters is 1. The summed E-state index contributed by atoms with van der Waals surface area (Å²) in [5.41, 5.74) is -0.560. The normalized spacial score (nSPS) is 14.9. The van der Waals surface area contributed by atoms with Gasteiger partial charge >= 0.3 is 5.97 Å². The minimum absolute atomic E-state index is 0.441. The van der Waals surface area contributed by atoms with E-state index in [1.54, 1.807) is 52.0 Å². The van der Waals surface area contributed by atoms with E-state index in [9.17, 15) is 9.00 Å². The Hall–Kier alpha value is -0.680. The van der Waals surface area contributed by atoms with Crippen molar-refractivity contribution < 1.29 is 13.7 Å². The largest absolute Gasteiger partial charge is 0.459 e. The molecule has 0 bridgehead atoms. The first-order chi connectivity index (χ1) is 8.20. The molecular weight excluding hydrogens is 316 g/mol. The third-order valence-corrected chi connectivity index (χ3v) is 4.21. The van der Waals surface area contributed by atoms with Gasteiger partial charge in [-0.1, -0.05) is 15.9 Å². The number of halogens is 1. The highest BCUT2D eigenvalue weighted by molar-refractivity contribution is 9.10. The zero-order valence-corrected chi connectivity index (χ0v) is 13.3. The molecule has 5 heteroatoms. The Morgan fingerprint density at radius 3 is 2.22 bits per heavy atom. The van der Waals surface area contributed by atoms with E-state index in [2.05, 4.69) is 15.9 Å². The highest BCUT2D eigenvalue weighted by Crippen LogP contribution is 2.18. The first-order valence-corrected chi connectivity index (χ1v) is 7.60. The van der Waals surface area contributed by atoms with Gasteiger partial charge in [0.1, 0.15) is 10.9 Å². The molecule has 0 spiro atoms. The third-order valence-electron chi connectivity index (χ3n) is 2.11. The second-order valence-corrected chi connectivity index (χ2v) is 7.62. The van der Waals surface area contributed by atoms with Crippen LogP contribution in [0.4, 0.5) is 0 Å². The van der Waals surface area contributed by atoms with E-state index in [1.807, 2.05) is 0 Å². The molecule has 0 saturated carbocycles. The van der Waals surface area contributed by atoms with Crippen molar-refractivity contribution in [3.05, 3.63) is 28.7 Å². The van der Waals surface area contributed by atoms with Crippen LogP contribution in [0.25, 0.3) is 0 Å². The SMILES string of the molecule is CC(C(=O)OC(C)(C)C)S(=O)c1ccc(Br)cc1. The van der Waals surface area contributed by atoms with Gasteiger partial charge in [0.15, 0.2) is 0 Å². The molecule has 0 aliphatic carbocycles. The van der Waals surface area contributed by atoms with Crippen LogP contribution in [0.5, 0.6) is 0 Å². The summed E-state index contributed by atoms with van der Waals surface area (Å²) >= 11 is 3.31. The smallest absolute Gasteiger partial charge is 0.322 e. The van der Waals surface area contributed by atoms with Gasteiger partial charge < -0.3 is 4.74 Å². The van der Waals surface area contributed by atoms with E-state index in [-0.39, 0.29) is 0 Å². The lowest BCUT2D eigenvalue weighted by Gasteiger charge is -2.22. The maximum Gasteiger partial charge on any atom is 0.322 e. The van der Waals surface area contributed by atoms with Crippen LogP contribution in [-0.4, -0.2) is 21.0 Å². The Morgan fingerprint density at radius 2 is 1.78 bits per heavy atom. The highest BCUT2D eigenvalue weighted by atomic mass is 79.9. The molecular formula is C13H17BrO3S. The van der Waals surface area contributed by atoms with Gasteiger partial charge in [-0.15, -0.1) is 0 Å². The Kier molecular flexibility index (Phi) is 5.10. The van der Waals surface area contributed by atoms with Crippen LogP contribution in [0.3, 0.4) is 0 Å². The van der Waals surface area contributed by atoms with Gasteiger partial charge in [-0.3, -0.25) is 9.00 Å². The summed E-state index contributed by atoms with van der Waals surface area (Å²) in [5.74, 6) is -0.441. The number of benzene rings is 1. The quantitative estimate of drug-likeness (QED) is 0.797. The van der Waals surface area contributed by atoms with Crippen LogP contribution >= 0.6 is 15.9 Å². The lowest BCUT2D eigenvalue weighted by molar-refractivity contribution is -0.153. The topological polar surface area (TPSA) is 43.4 Å². The summed E-state index contributed by atoms with van der Waals surface area (Å²) in [7, 11) is -1.40. The molecule has 1 rings (SSSR count). The highest BCUT2D eigenvalue weighted by Gasteiger charge is 2.26. The second-order valence-electron chi connectivity index (χ2n) is 4.93. The summed E-state index contributed by atoms with van der Waals surface area (Å²) in [6.45, 7) is 6.99. The molecule has 0 aromatic heterocycles. The molecule has 0 heterocycles. The summed E-state index contributed by atoms with van der Waals surface area (Å²) in [6.07, 6.45) is 0. The van der Waals surface area contributed by atoms with E-state index < -0.39 is 27.6 Å². The predicted octanol–water partition coefficient (Wildman–Crippen LogP) is 3.29. The van der Waals surface area contributed by atoms with Crippen molar-refractivity contribution in [3.63, 3.8) is 0 Å². The molecule has 0 saturated heterocycles. The average Bonchev–Trinajstić information content (AvgIpc) is 2.26. The molecule has 0 aliphatic heterocycles. The van der Waals surface area contributed by atoms with Gasteiger partial charge in [0.2, 0.25) is 0 Å². The zero-order chi connectivity index (χ0) is 13.9. The Morgan fingerprint density at radius 1 is 1.28 bits per heavy atom. The molecule has 3 nitrogen and oxygen atoms in total. The first kappa shape index (κ1) is 15.4. The van der Waals surface area contributed by atoms with Crippen LogP contribution in [0, 0.1) is 0 Å². The van der Waals surface area contributed by atoms with Crippen molar-refractivity contribution in [1.29, 1.82) is 0 Å². The molecule has 0 radical (unpaired) electrons. The van der Waals surface area contributed by atoms with Crippen molar-refractivity contribution in [1.82, 2.24) is 0 Å². The number of carbonyl (C=O) groups excluding carboxylic acids is 1. The minimum Gasteiger partial charge on any atom is -0.459 e. The number of hydrogen-bond donors (Lipinski definition) is 0. The van der Waals surface area contributed by atoms with Gasteiger partial charge in [-0.2, -0.15) is 0 Å². The first-order valence-electron chi connectivity index (χ1n) is 5.60. The number of ether oxygens (including phenoxy) is 1. The van der Waals surface area contributed by atoms with Crippen molar-refractivity contribution in [2.24, 2.45) is 0 Å². The molecule has 0 N–H and O–H groups in total. The van der Waals surface area contributed by atoms with Crippen LogP contribution < -0.4 is 0 Å². The fourth-order valence-electron chi connectivity index (χ4n) is 1.24. The third kappa shape index (κ3) is 4.53. The van der Waals surface area contributed by atoms with E-state index in [1.165, 1.54) is 0 Å². The van der Waals surface area contributed by atoms with Crippen LogP contribution in [0.2, 0.25) is 0 Å². The molecule has 0 amide bonds. The molecule has 0 fully saturated rings. The monoisotopic (exact) mass is 332 g/mol. The maximum atomic E-state index is 12.2. The molecule has 1 aromatic rings. The standard InChI is InChI=1S/C13H17BrO3S/c1-9(12(15)17-13(2,3)4)18(16)11-7-5-10(14)6-8-11/h5-9H,1-4H3. The molecule has 0 aliphatic rings. The van der Waals surface area contributed by atoms with E-state index in [0.29, 0.717) is 4.90 Å². The molecule has 1 aromatic carbocycles. The lowest BCUT2D eigenvalue weighted by atomic mass is 10.2. The van der Waals surface area contributed by atoms with Crippen molar-refractivity contribution in [2.45, 2.75) is 43.4 Å². The second kappa shape index (κ2) is 5.97. The van der Waals surface area contributed by atoms with Crippen LogP contribution in [0.1, 0.15) is 27.7 Å². The Balaban J connectivity index is 2.78. The van der Waals surface area contributed by atoms with E-state index >= 15 is 0 Å². The van der Waals surface area contributed by atoms with Crippen LogP contribution in [0.15, 0.2) is 33.6 Å². The zero-order valence-electron chi connectivity index (χ0n) is 10.9. The Labute approximate surface area is 119 Å². The van der Waals surface area contributed by atoms with Gasteiger partial charge in [0.25, 0.3) is 0 Å². The summed E-state index contributed by atoms with van der Waals surface area (Å²) in [5, 5.41) is -0.676. The van der Waals surface area contributed by atoms with Gasteiger partial charge in [-0.05, 0) is 52.0 Å². The number of carbonyl (C=O) groups is 1. The molecule has 2 atom stereocenters. The number of hydrogen-bond acceptors (Lipinski definition) is 3. The van der Waals surface area contributed by atoms with Crippen molar-refractivity contribution in [2.75, 3.05) is 0 Å². The summed E-state index contributed by atoms with van der Waals surface area (Å²) < 4.78 is 18.3. The molecule has 2 unspecified atom stereocenters. The number of rotatable bonds is 3. The minimum atomic E-state index is -1.40. The summed E-state index contributed by atoms with van der Waals surface area (Å²) in [6, 6.07) is 7.08. The van der Waals surface area contributed by atoms with Crippen molar-refractivity contribution in [3.8, 4) is 0 Å². The molecule has 18 heavy (non-hydrogen) atoms. The molecule has 100 valence electrons. The maximum absolute atomic E-state index is 12.2. The summed E-state index contributed by atoms with van der Waals surface area (Å²) in [4.78, 5) is 12.4. The lowest BCUT2D eigenvalue weighted by Crippen LogP contribution is -2.32. The van der Waals surface area contributed by atoms with E-state index in [0.717, 1.165) is 4.47 Å². The van der Waals surface area contributed by atoms with E-state index in [4.69, 9.17) is 4.74 Å².